The Labute approximate surface area is 198 Å². The van der Waals surface area contributed by atoms with Crippen molar-refractivity contribution in [2.75, 3.05) is 52.4 Å². The molecule has 0 radical (unpaired) electrons. The molecule has 0 aromatic rings. The molecule has 0 aliphatic heterocycles. The van der Waals surface area contributed by atoms with Gasteiger partial charge in [0.25, 0.3) is 0 Å². The van der Waals surface area contributed by atoms with Gasteiger partial charge in [-0.05, 0) is 77.8 Å². The second-order valence-electron chi connectivity index (χ2n) is 8.50. The highest BCUT2D eigenvalue weighted by Crippen LogP contribution is 2.03. The fourth-order valence-electron chi connectivity index (χ4n) is 3.35. The van der Waals surface area contributed by atoms with Crippen molar-refractivity contribution < 1.29 is 16.8 Å². The van der Waals surface area contributed by atoms with E-state index < -0.39 is 18.1 Å². The Hall–Kier alpha value is -0.260. The van der Waals surface area contributed by atoms with Crippen LogP contribution in [0.15, 0.2) is 0 Å². The van der Waals surface area contributed by atoms with Crippen LogP contribution in [0.3, 0.4) is 0 Å². The lowest BCUT2D eigenvalue weighted by molar-refractivity contribution is 0.262. The van der Waals surface area contributed by atoms with Gasteiger partial charge in [-0.15, -0.1) is 0 Å². The largest absolute Gasteiger partial charge is 0.331 e. The number of rotatable bonds is 23. The molecule has 0 fully saturated rings. The van der Waals surface area contributed by atoms with Gasteiger partial charge in [0.15, 0.2) is 0 Å². The molecule has 0 bridgehead atoms. The van der Waals surface area contributed by atoms with E-state index in [4.69, 9.17) is 0 Å². The van der Waals surface area contributed by atoms with Crippen molar-refractivity contribution in [3.05, 3.63) is 0 Å². The second-order valence-corrected chi connectivity index (χ2v) is 13.5. The van der Waals surface area contributed by atoms with E-state index in [1.165, 1.54) is 0 Å². The van der Waals surface area contributed by atoms with Crippen molar-refractivity contribution in [2.45, 2.75) is 91.9 Å². The van der Waals surface area contributed by atoms with Gasteiger partial charge < -0.3 is 9.80 Å². The molecule has 32 heavy (non-hydrogen) atoms. The van der Waals surface area contributed by atoms with Crippen molar-refractivity contribution >= 4 is 18.1 Å². The third-order valence-corrected chi connectivity index (χ3v) is 9.59. The fraction of sp³-hybridized carbons (Fsp3) is 1.00. The van der Waals surface area contributed by atoms with E-state index in [1.807, 2.05) is 0 Å². The van der Waals surface area contributed by atoms with Crippen LogP contribution in [0, 0.1) is 0 Å². The van der Waals surface area contributed by atoms with Gasteiger partial charge in [0.05, 0.1) is 0 Å². The Morgan fingerprint density at radius 3 is 0.969 bits per heavy atom. The summed E-state index contributed by atoms with van der Waals surface area (Å²) in [5.74, 6) is 0. The van der Waals surface area contributed by atoms with Crippen LogP contribution < -0.4 is 9.44 Å². The fourth-order valence-corrected chi connectivity index (χ4v) is 5.88. The Bertz CT molecular complexity index is 570. The molecule has 0 unspecified atom stereocenters. The average molecular weight is 499 g/mol. The Balaban J connectivity index is 4.41. The molecule has 0 saturated heterocycles. The van der Waals surface area contributed by atoms with Crippen LogP contribution in [0.2, 0.25) is 0 Å². The van der Waals surface area contributed by atoms with E-state index in [-0.39, 0.29) is 13.1 Å². The first-order valence-electron chi connectivity index (χ1n) is 12.7. The van der Waals surface area contributed by atoms with Gasteiger partial charge in [-0.3, -0.25) is 0 Å². The molecule has 194 valence electrons. The minimum atomic E-state index is -4.44. The van der Waals surface area contributed by atoms with Gasteiger partial charge in [-0.1, -0.05) is 53.4 Å². The van der Waals surface area contributed by atoms with E-state index in [0.29, 0.717) is 12.8 Å². The summed E-state index contributed by atoms with van der Waals surface area (Å²) in [5, 5.41) is 0. The van der Waals surface area contributed by atoms with Gasteiger partial charge in [0.1, 0.15) is 0 Å². The molecule has 0 heterocycles. The Kier molecular flexibility index (Phi) is 18.9. The summed E-state index contributed by atoms with van der Waals surface area (Å²) >= 11 is 0. The first-order valence-corrected chi connectivity index (χ1v) is 16.2. The molecule has 0 aromatic carbocycles. The smallest absolute Gasteiger partial charge is 0.303 e. The zero-order chi connectivity index (χ0) is 24.3. The molecule has 2 N–H and O–H groups in total. The summed E-state index contributed by atoms with van der Waals surface area (Å²) in [6.07, 6.45) is 10.1. The summed E-state index contributed by atoms with van der Waals surface area (Å²) in [5.41, 5.74) is 0. The maximum absolute atomic E-state index is 12.3. The first kappa shape index (κ1) is 31.7. The number of nitrogens with one attached hydrogen (secondary N) is 2. The molecule has 10 heteroatoms. The van der Waals surface area contributed by atoms with E-state index in [2.05, 4.69) is 46.9 Å². The molecule has 0 aliphatic carbocycles. The number of unbranched alkanes of at least 4 members (excludes halogenated alkanes) is 4. The molecule has 0 saturated carbocycles. The topological polar surface area (TPSA) is 98.8 Å². The van der Waals surface area contributed by atoms with Crippen molar-refractivity contribution in [1.82, 2.24) is 19.2 Å². The molecular formula is C22H50N4O4S2. The lowest BCUT2D eigenvalue weighted by atomic mass is 10.2. The van der Waals surface area contributed by atoms with Gasteiger partial charge in [-0.25, -0.2) is 9.44 Å². The zero-order valence-electron chi connectivity index (χ0n) is 21.1. The van der Waals surface area contributed by atoms with Crippen LogP contribution in [0.5, 0.6) is 0 Å². The summed E-state index contributed by atoms with van der Waals surface area (Å²) in [4.78, 5) is 4.66. The van der Waals surface area contributed by atoms with Crippen LogP contribution in [-0.2, 0) is 18.1 Å². The molecule has 8 nitrogen and oxygen atoms in total. The van der Waals surface area contributed by atoms with Gasteiger partial charge in [0.2, 0.25) is 0 Å². The predicted molar refractivity (Wildman–Crippen MR) is 136 cm³/mol. The van der Waals surface area contributed by atoms with E-state index in [9.17, 15) is 16.8 Å². The molecular weight excluding hydrogens is 448 g/mol. The molecule has 0 spiro atoms. The molecule has 0 atom stereocenters. The summed E-state index contributed by atoms with van der Waals surface area (Å²) in [6.45, 7) is 14.4. The predicted octanol–water partition coefficient (Wildman–Crippen LogP) is 3.32. The highest BCUT2D eigenvalue weighted by molar-refractivity contribution is 8.65. The Morgan fingerprint density at radius 2 is 0.719 bits per heavy atom. The van der Waals surface area contributed by atoms with Crippen LogP contribution in [0.25, 0.3) is 0 Å². The molecule has 0 rings (SSSR count). The van der Waals surface area contributed by atoms with Crippen molar-refractivity contribution in [3.8, 4) is 0 Å². The van der Waals surface area contributed by atoms with Crippen LogP contribution >= 0.6 is 0 Å². The first-order chi connectivity index (χ1) is 15.2. The SMILES string of the molecule is CCCCN(CCCC)CCCNS(=O)(=O)S(=O)(=O)NCCCN(CCCC)CCCC. The van der Waals surface area contributed by atoms with Crippen LogP contribution in [-0.4, -0.2) is 79.0 Å². The quantitative estimate of drug-likeness (QED) is 0.166. The van der Waals surface area contributed by atoms with Gasteiger partial charge in [0, 0.05) is 13.1 Å². The van der Waals surface area contributed by atoms with E-state index >= 15 is 0 Å². The lowest BCUT2D eigenvalue weighted by Gasteiger charge is -2.22. The van der Waals surface area contributed by atoms with Gasteiger partial charge in [-0.2, -0.15) is 16.8 Å². The van der Waals surface area contributed by atoms with Gasteiger partial charge >= 0.3 is 18.1 Å². The second kappa shape index (κ2) is 19.1. The average Bonchev–Trinajstić information content (AvgIpc) is 2.76. The molecule has 0 aliphatic rings. The third-order valence-electron chi connectivity index (χ3n) is 5.46. The number of hydrogen-bond donors (Lipinski definition) is 2. The third kappa shape index (κ3) is 14.8. The molecule has 0 amide bonds. The minimum Gasteiger partial charge on any atom is -0.303 e. The number of nitrogens with zero attached hydrogens (tertiary/aromatic N) is 2. The highest BCUT2D eigenvalue weighted by Gasteiger charge is 2.28. The summed E-state index contributed by atoms with van der Waals surface area (Å²) < 4.78 is 53.6. The standard InChI is InChI=1S/C22H50N4O4S2/c1-5-9-17-25(18-10-6-2)21-13-15-23-31(27,28)32(29,30)24-16-14-22-26(19-11-7-3)20-12-8-4/h23-24H,5-22H2,1-4H3. The molecule has 0 aromatic heterocycles. The maximum Gasteiger partial charge on any atom is 0.331 e. The van der Waals surface area contributed by atoms with Crippen molar-refractivity contribution in [1.29, 1.82) is 0 Å². The van der Waals surface area contributed by atoms with Crippen molar-refractivity contribution in [2.24, 2.45) is 0 Å². The Morgan fingerprint density at radius 1 is 0.469 bits per heavy atom. The number of hydrogen-bond acceptors (Lipinski definition) is 6. The monoisotopic (exact) mass is 498 g/mol. The summed E-state index contributed by atoms with van der Waals surface area (Å²) in [6, 6.07) is 0. The maximum atomic E-state index is 12.3. The zero-order valence-corrected chi connectivity index (χ0v) is 22.7. The van der Waals surface area contributed by atoms with E-state index in [1.54, 1.807) is 0 Å². The van der Waals surface area contributed by atoms with Crippen molar-refractivity contribution in [3.63, 3.8) is 0 Å². The van der Waals surface area contributed by atoms with E-state index in [0.717, 1.165) is 90.6 Å². The lowest BCUT2D eigenvalue weighted by Crippen LogP contribution is -2.41. The summed E-state index contributed by atoms with van der Waals surface area (Å²) in [7, 11) is -8.88. The van der Waals surface area contributed by atoms with Crippen LogP contribution in [0.1, 0.15) is 91.9 Å². The highest BCUT2D eigenvalue weighted by atomic mass is 33.2. The van der Waals surface area contributed by atoms with Crippen LogP contribution in [0.4, 0.5) is 0 Å². The minimum absolute atomic E-state index is 0.125. The normalized spacial score (nSPS) is 12.8.